The first-order chi connectivity index (χ1) is 23.3. The Hall–Kier alpha value is -6.08. The number of benzene rings is 6. The van der Waals surface area contributed by atoms with Crippen molar-refractivity contribution in [3.63, 3.8) is 0 Å². The quantitative estimate of drug-likeness (QED) is 0.190. The van der Waals surface area contributed by atoms with E-state index in [1.807, 2.05) is 91.0 Å². The topological polar surface area (TPSA) is 43.6 Å². The average molecular weight is 633 g/mol. The predicted octanol–water partition coefficient (Wildman–Crippen LogP) is 11.0. The van der Waals surface area contributed by atoms with Crippen molar-refractivity contribution in [3.8, 4) is 51.0 Å². The smallest absolute Gasteiger partial charge is 0.308 e. The molecule has 8 aromatic rings. The molecule has 0 saturated carbocycles. The van der Waals surface area contributed by atoms with Crippen molar-refractivity contribution < 1.29 is 13.2 Å². The highest BCUT2D eigenvalue weighted by Crippen LogP contribution is 2.39. The van der Waals surface area contributed by atoms with Crippen LogP contribution in [-0.4, -0.2) is 19.5 Å². The maximum absolute atomic E-state index is 13.8. The second-order valence-corrected chi connectivity index (χ2v) is 11.7. The van der Waals surface area contributed by atoms with Crippen LogP contribution in [0.25, 0.3) is 72.8 Å². The molecule has 6 aromatic carbocycles. The summed E-state index contributed by atoms with van der Waals surface area (Å²) in [7, 11) is 0. The molecule has 48 heavy (non-hydrogen) atoms. The van der Waals surface area contributed by atoms with E-state index < -0.39 is 11.7 Å². The lowest BCUT2D eigenvalue weighted by molar-refractivity contribution is -0.137. The average Bonchev–Trinajstić information content (AvgIpc) is 3.45. The van der Waals surface area contributed by atoms with Gasteiger partial charge in [-0.2, -0.15) is 13.2 Å². The molecule has 2 aromatic heterocycles. The van der Waals surface area contributed by atoms with Crippen LogP contribution < -0.4 is 0 Å². The fourth-order valence-electron chi connectivity index (χ4n) is 6.24. The summed E-state index contributed by atoms with van der Waals surface area (Å²) >= 11 is 0. The van der Waals surface area contributed by atoms with E-state index >= 15 is 0 Å². The first kappa shape index (κ1) is 29.3. The Labute approximate surface area is 274 Å². The van der Waals surface area contributed by atoms with Crippen molar-refractivity contribution in [2.24, 2.45) is 0 Å². The van der Waals surface area contributed by atoms with Crippen LogP contribution in [0, 0.1) is 6.92 Å². The van der Waals surface area contributed by atoms with Crippen LogP contribution in [0.2, 0.25) is 0 Å². The molecule has 0 amide bonds. The minimum absolute atomic E-state index is 0.450. The molecule has 8 rings (SSSR count). The van der Waals surface area contributed by atoms with Gasteiger partial charge in [-0.15, -0.1) is 0 Å². The number of para-hydroxylation sites is 1. The Balaban J connectivity index is 1.44. The molecule has 0 bridgehead atoms. The van der Waals surface area contributed by atoms with Gasteiger partial charge in [-0.3, -0.25) is 0 Å². The summed E-state index contributed by atoms with van der Waals surface area (Å²) in [5.41, 5.74) is 6.58. The Morgan fingerprint density at radius 3 is 1.75 bits per heavy atom. The summed E-state index contributed by atoms with van der Waals surface area (Å²) in [4.78, 5) is 14.9. The van der Waals surface area contributed by atoms with Crippen molar-refractivity contribution >= 4 is 21.8 Å². The van der Waals surface area contributed by atoms with Crippen LogP contribution >= 0.6 is 0 Å². The molecule has 7 heteroatoms. The van der Waals surface area contributed by atoms with Crippen LogP contribution in [0.15, 0.2) is 146 Å². The number of aryl methyl sites for hydroxylation is 1. The highest BCUT2D eigenvalue weighted by atomic mass is 19.4. The number of rotatable bonds is 5. The second kappa shape index (κ2) is 11.6. The number of halogens is 3. The molecule has 0 radical (unpaired) electrons. The predicted molar refractivity (Wildman–Crippen MR) is 186 cm³/mol. The van der Waals surface area contributed by atoms with Gasteiger partial charge >= 0.3 is 6.18 Å². The highest BCUT2D eigenvalue weighted by Gasteiger charge is 2.30. The van der Waals surface area contributed by atoms with Crippen molar-refractivity contribution in [2.45, 2.75) is 13.1 Å². The third kappa shape index (κ3) is 5.29. The van der Waals surface area contributed by atoms with Crippen LogP contribution in [0.5, 0.6) is 0 Å². The Morgan fingerprint density at radius 2 is 1.06 bits per heavy atom. The molecule has 4 nitrogen and oxygen atoms in total. The van der Waals surface area contributed by atoms with Crippen LogP contribution in [0.1, 0.15) is 11.1 Å². The Bertz CT molecular complexity index is 2390. The van der Waals surface area contributed by atoms with Gasteiger partial charge in [-0.1, -0.05) is 109 Å². The molecular weight excluding hydrogens is 605 g/mol. The molecule has 0 saturated heterocycles. The van der Waals surface area contributed by atoms with Gasteiger partial charge in [0, 0.05) is 27.5 Å². The zero-order chi connectivity index (χ0) is 32.8. The lowest BCUT2D eigenvalue weighted by Crippen LogP contribution is -2.05. The van der Waals surface area contributed by atoms with Gasteiger partial charge in [0.25, 0.3) is 0 Å². The molecule has 0 aliphatic heterocycles. The summed E-state index contributed by atoms with van der Waals surface area (Å²) < 4.78 is 43.5. The monoisotopic (exact) mass is 632 g/mol. The third-order valence-corrected chi connectivity index (χ3v) is 8.53. The molecular formula is C41H27F3N4. The van der Waals surface area contributed by atoms with E-state index in [2.05, 4.69) is 41.8 Å². The van der Waals surface area contributed by atoms with E-state index in [0.29, 0.717) is 34.2 Å². The number of nitrogens with zero attached hydrogens (tertiary/aromatic N) is 4. The van der Waals surface area contributed by atoms with E-state index in [4.69, 9.17) is 15.0 Å². The van der Waals surface area contributed by atoms with E-state index in [1.165, 1.54) is 12.1 Å². The summed E-state index contributed by atoms with van der Waals surface area (Å²) in [6.45, 7) is 2.06. The number of alkyl halides is 3. The molecule has 2 heterocycles. The second-order valence-electron chi connectivity index (χ2n) is 11.7. The molecule has 0 N–H and O–H groups in total. The van der Waals surface area contributed by atoms with Crippen molar-refractivity contribution in [1.29, 1.82) is 0 Å². The van der Waals surface area contributed by atoms with Crippen LogP contribution in [0.3, 0.4) is 0 Å². The summed E-state index contributed by atoms with van der Waals surface area (Å²) in [5, 5.41) is 2.14. The van der Waals surface area contributed by atoms with E-state index in [9.17, 15) is 13.2 Å². The first-order valence-corrected chi connectivity index (χ1v) is 15.5. The summed E-state index contributed by atoms with van der Waals surface area (Å²) in [5.74, 6) is 1.49. The molecule has 0 spiro atoms. The number of aromatic nitrogens is 4. The molecule has 232 valence electrons. The van der Waals surface area contributed by atoms with Gasteiger partial charge in [-0.25, -0.2) is 15.0 Å². The summed E-state index contributed by atoms with van der Waals surface area (Å²) in [6, 6.07) is 45.1. The highest BCUT2D eigenvalue weighted by molar-refractivity contribution is 6.10. The lowest BCUT2D eigenvalue weighted by atomic mass is 9.99. The van der Waals surface area contributed by atoms with Gasteiger partial charge in [0.15, 0.2) is 17.5 Å². The molecule has 0 unspecified atom stereocenters. The lowest BCUT2D eigenvalue weighted by Gasteiger charge is -2.17. The molecule has 0 atom stereocenters. The van der Waals surface area contributed by atoms with E-state index in [-0.39, 0.29) is 0 Å². The standard InChI is InChI=1S/C41H27F3N4/c1-26-19-22-36-34(23-26)32-17-8-9-18-35(32)48(36)37-25-30(29-15-10-16-31(24-29)41(42,43)44)20-21-33(37)40-46-38(27-11-4-2-5-12-27)45-39(47-40)28-13-6-3-7-14-28/h2-25H,1H3. The minimum Gasteiger partial charge on any atom is -0.308 e. The van der Waals surface area contributed by atoms with Crippen LogP contribution in [0.4, 0.5) is 13.2 Å². The zero-order valence-electron chi connectivity index (χ0n) is 25.8. The third-order valence-electron chi connectivity index (χ3n) is 8.53. The number of hydrogen-bond acceptors (Lipinski definition) is 3. The normalized spacial score (nSPS) is 11.8. The fourth-order valence-corrected chi connectivity index (χ4v) is 6.24. The van der Waals surface area contributed by atoms with Gasteiger partial charge in [-0.05, 0) is 60.5 Å². The minimum atomic E-state index is -4.46. The van der Waals surface area contributed by atoms with Crippen molar-refractivity contribution in [2.75, 3.05) is 0 Å². The molecule has 0 fully saturated rings. The first-order valence-electron chi connectivity index (χ1n) is 15.5. The Kier molecular flexibility index (Phi) is 7.10. The zero-order valence-corrected chi connectivity index (χ0v) is 25.8. The SMILES string of the molecule is Cc1ccc2c(c1)c1ccccc1n2-c1cc(-c2cccc(C(F)(F)F)c2)ccc1-c1nc(-c2ccccc2)nc(-c2ccccc2)n1. The van der Waals surface area contributed by atoms with Crippen molar-refractivity contribution in [1.82, 2.24) is 19.5 Å². The largest absolute Gasteiger partial charge is 0.416 e. The fraction of sp³-hybridized carbons (Fsp3) is 0.0488. The Morgan fingerprint density at radius 1 is 0.479 bits per heavy atom. The van der Waals surface area contributed by atoms with E-state index in [0.717, 1.165) is 50.2 Å². The van der Waals surface area contributed by atoms with Gasteiger partial charge in [0.05, 0.1) is 22.3 Å². The number of hydrogen-bond donors (Lipinski definition) is 0. The van der Waals surface area contributed by atoms with Gasteiger partial charge in [0.1, 0.15) is 0 Å². The van der Waals surface area contributed by atoms with E-state index in [1.54, 1.807) is 6.07 Å². The molecule has 0 aliphatic rings. The van der Waals surface area contributed by atoms with Crippen LogP contribution in [-0.2, 0) is 6.18 Å². The molecule has 0 aliphatic carbocycles. The number of fused-ring (bicyclic) bond motifs is 3. The maximum atomic E-state index is 13.8. The van der Waals surface area contributed by atoms with Gasteiger partial charge in [0.2, 0.25) is 0 Å². The maximum Gasteiger partial charge on any atom is 0.416 e. The summed E-state index contributed by atoms with van der Waals surface area (Å²) in [6.07, 6.45) is -4.46. The van der Waals surface area contributed by atoms with Crippen molar-refractivity contribution in [3.05, 3.63) is 157 Å². The van der Waals surface area contributed by atoms with Gasteiger partial charge < -0.3 is 4.57 Å².